The van der Waals surface area contributed by atoms with Crippen molar-refractivity contribution in [3.63, 3.8) is 0 Å². The van der Waals surface area contributed by atoms with Crippen molar-refractivity contribution in [2.24, 2.45) is 5.41 Å². The van der Waals surface area contributed by atoms with Crippen LogP contribution in [0.3, 0.4) is 0 Å². The number of carbonyl (C=O) groups excluding carboxylic acids is 1. The minimum atomic E-state index is -0.114. The number of alkyl halides is 1. The largest absolute Gasteiger partial charge is 0.351 e. The van der Waals surface area contributed by atoms with Crippen LogP contribution in [0.5, 0.6) is 0 Å². The average molecular weight is 264 g/mol. The van der Waals surface area contributed by atoms with Crippen molar-refractivity contribution in [3.8, 4) is 0 Å². The summed E-state index contributed by atoms with van der Waals surface area (Å²) in [6.45, 7) is 10.7. The third-order valence-corrected chi connectivity index (χ3v) is 2.17. The van der Waals surface area contributed by atoms with Crippen LogP contribution < -0.4 is 5.32 Å². The maximum atomic E-state index is 11.4. The first-order chi connectivity index (χ1) is 6.16. The van der Waals surface area contributed by atoms with Crippen molar-refractivity contribution in [2.45, 2.75) is 53.0 Å². The Balaban J connectivity index is 4.13. The molecule has 0 heterocycles. The van der Waals surface area contributed by atoms with Crippen LogP contribution in [0.1, 0.15) is 47.5 Å². The Hall–Kier alpha value is -0.0500. The molecule has 0 saturated heterocycles. The normalized spacial score (nSPS) is 12.7. The van der Waals surface area contributed by atoms with E-state index < -0.39 is 0 Å². The van der Waals surface area contributed by atoms with Gasteiger partial charge >= 0.3 is 0 Å². The Kier molecular flexibility index (Phi) is 5.13. The number of halogens is 1. The van der Waals surface area contributed by atoms with E-state index in [1.165, 1.54) is 0 Å². The third kappa shape index (κ3) is 7.36. The van der Waals surface area contributed by atoms with Crippen LogP contribution in [-0.4, -0.2) is 16.8 Å². The fraction of sp³-hybridized carbons (Fsp3) is 0.909. The van der Waals surface area contributed by atoms with Crippen LogP contribution in [0, 0.1) is 5.41 Å². The zero-order valence-corrected chi connectivity index (χ0v) is 11.5. The van der Waals surface area contributed by atoms with E-state index in [1.54, 1.807) is 0 Å². The Morgan fingerprint density at radius 1 is 1.21 bits per heavy atom. The molecule has 0 fully saturated rings. The van der Waals surface area contributed by atoms with Crippen LogP contribution in [0.4, 0.5) is 0 Å². The predicted molar refractivity (Wildman–Crippen MR) is 64.7 cm³/mol. The summed E-state index contributed by atoms with van der Waals surface area (Å²) in [6, 6.07) is 0. The van der Waals surface area contributed by atoms with E-state index in [0.29, 0.717) is 6.42 Å². The van der Waals surface area contributed by atoms with Crippen LogP contribution in [0.15, 0.2) is 0 Å². The maximum Gasteiger partial charge on any atom is 0.221 e. The highest BCUT2D eigenvalue weighted by atomic mass is 79.9. The average Bonchev–Trinajstić information content (AvgIpc) is 1.78. The number of amides is 1. The Labute approximate surface area is 96.0 Å². The lowest BCUT2D eigenvalue weighted by Gasteiger charge is -2.33. The summed E-state index contributed by atoms with van der Waals surface area (Å²) in [5.74, 6) is 0.121. The molecule has 14 heavy (non-hydrogen) atoms. The first-order valence-corrected chi connectivity index (χ1v) is 6.15. The molecule has 0 aliphatic rings. The van der Waals surface area contributed by atoms with Crippen molar-refractivity contribution in [3.05, 3.63) is 0 Å². The molecule has 1 amide bonds. The van der Waals surface area contributed by atoms with Gasteiger partial charge in [0, 0.05) is 17.3 Å². The van der Waals surface area contributed by atoms with Crippen LogP contribution in [0.2, 0.25) is 0 Å². The van der Waals surface area contributed by atoms with E-state index in [4.69, 9.17) is 0 Å². The molecule has 0 saturated carbocycles. The van der Waals surface area contributed by atoms with Gasteiger partial charge in [0.25, 0.3) is 0 Å². The van der Waals surface area contributed by atoms with Crippen LogP contribution >= 0.6 is 15.9 Å². The second-order valence-corrected chi connectivity index (χ2v) is 6.40. The molecule has 0 rings (SSSR count). The summed E-state index contributed by atoms with van der Waals surface area (Å²) in [4.78, 5) is 11.4. The van der Waals surface area contributed by atoms with Crippen molar-refractivity contribution in [1.82, 2.24) is 5.32 Å². The molecule has 0 atom stereocenters. The summed E-state index contributed by atoms with van der Waals surface area (Å²) in [7, 11) is 0. The van der Waals surface area contributed by atoms with E-state index in [1.807, 2.05) is 0 Å². The standard InChI is InChI=1S/C11H22BrNO/c1-10(2,3)8-11(4,5)13-9(14)6-7-12/h6-8H2,1-5H3,(H,13,14). The summed E-state index contributed by atoms with van der Waals surface area (Å²) in [6.07, 6.45) is 1.53. The van der Waals surface area contributed by atoms with Gasteiger partial charge in [0.15, 0.2) is 0 Å². The second kappa shape index (κ2) is 5.15. The Bertz CT molecular complexity index is 194. The zero-order chi connectivity index (χ0) is 11.4. The molecule has 3 heteroatoms. The topological polar surface area (TPSA) is 29.1 Å². The van der Waals surface area contributed by atoms with Gasteiger partial charge in [0.2, 0.25) is 5.91 Å². The molecule has 0 bridgehead atoms. The highest BCUT2D eigenvalue weighted by Crippen LogP contribution is 2.26. The molecular formula is C11H22BrNO. The van der Waals surface area contributed by atoms with Gasteiger partial charge in [-0.05, 0) is 25.7 Å². The van der Waals surface area contributed by atoms with Gasteiger partial charge in [0.05, 0.1) is 0 Å². The van der Waals surface area contributed by atoms with Crippen molar-refractivity contribution in [1.29, 1.82) is 0 Å². The van der Waals surface area contributed by atoms with Crippen LogP contribution in [-0.2, 0) is 4.79 Å². The lowest BCUT2D eigenvalue weighted by Crippen LogP contribution is -2.45. The number of nitrogens with one attached hydrogen (secondary N) is 1. The van der Waals surface area contributed by atoms with Crippen molar-refractivity contribution >= 4 is 21.8 Å². The van der Waals surface area contributed by atoms with E-state index in [9.17, 15) is 4.79 Å². The number of carbonyl (C=O) groups is 1. The number of rotatable bonds is 4. The molecule has 0 aromatic heterocycles. The van der Waals surface area contributed by atoms with Gasteiger partial charge in [-0.15, -0.1) is 0 Å². The monoisotopic (exact) mass is 263 g/mol. The molecular weight excluding hydrogens is 242 g/mol. The lowest BCUT2D eigenvalue weighted by atomic mass is 9.82. The molecule has 0 unspecified atom stereocenters. The van der Waals surface area contributed by atoms with Crippen LogP contribution in [0.25, 0.3) is 0 Å². The van der Waals surface area contributed by atoms with E-state index in [2.05, 4.69) is 55.9 Å². The second-order valence-electron chi connectivity index (χ2n) is 5.61. The first kappa shape index (κ1) is 13.9. The maximum absolute atomic E-state index is 11.4. The fourth-order valence-corrected chi connectivity index (χ4v) is 2.26. The Morgan fingerprint density at radius 2 is 1.71 bits per heavy atom. The van der Waals surface area contributed by atoms with Crippen molar-refractivity contribution < 1.29 is 4.79 Å². The first-order valence-electron chi connectivity index (χ1n) is 5.03. The molecule has 0 spiro atoms. The fourth-order valence-electron chi connectivity index (χ4n) is 1.90. The number of hydrogen-bond donors (Lipinski definition) is 1. The summed E-state index contributed by atoms with van der Waals surface area (Å²) in [5, 5.41) is 3.77. The smallest absolute Gasteiger partial charge is 0.221 e. The quantitative estimate of drug-likeness (QED) is 0.777. The SMILES string of the molecule is CC(C)(C)CC(C)(C)NC(=O)CCBr. The minimum absolute atomic E-state index is 0.114. The van der Waals surface area contributed by atoms with Crippen molar-refractivity contribution in [2.75, 3.05) is 5.33 Å². The van der Waals surface area contributed by atoms with Gasteiger partial charge in [0.1, 0.15) is 0 Å². The third-order valence-electron chi connectivity index (χ3n) is 1.77. The van der Waals surface area contributed by atoms with Gasteiger partial charge < -0.3 is 5.32 Å². The minimum Gasteiger partial charge on any atom is -0.351 e. The molecule has 0 aliphatic carbocycles. The van der Waals surface area contributed by atoms with E-state index in [0.717, 1.165) is 11.8 Å². The highest BCUT2D eigenvalue weighted by Gasteiger charge is 2.26. The van der Waals surface area contributed by atoms with Gasteiger partial charge in [-0.2, -0.15) is 0 Å². The molecule has 0 aromatic carbocycles. The predicted octanol–water partition coefficient (Wildman–Crippen LogP) is 3.10. The molecule has 0 aromatic rings. The Morgan fingerprint density at radius 3 is 2.07 bits per heavy atom. The summed E-state index contributed by atoms with van der Waals surface area (Å²) < 4.78 is 0. The van der Waals surface area contributed by atoms with Gasteiger partial charge in [-0.3, -0.25) is 4.79 Å². The van der Waals surface area contributed by atoms with Gasteiger partial charge in [-0.25, -0.2) is 0 Å². The lowest BCUT2D eigenvalue weighted by molar-refractivity contribution is -0.122. The number of hydrogen-bond acceptors (Lipinski definition) is 1. The van der Waals surface area contributed by atoms with E-state index in [-0.39, 0.29) is 16.9 Å². The molecule has 2 nitrogen and oxygen atoms in total. The molecule has 0 aliphatic heterocycles. The zero-order valence-electron chi connectivity index (χ0n) is 9.91. The molecule has 1 N–H and O–H groups in total. The van der Waals surface area contributed by atoms with E-state index >= 15 is 0 Å². The molecule has 84 valence electrons. The summed E-state index contributed by atoms with van der Waals surface area (Å²) >= 11 is 3.26. The highest BCUT2D eigenvalue weighted by molar-refractivity contribution is 9.09. The molecule has 0 radical (unpaired) electrons. The van der Waals surface area contributed by atoms with Gasteiger partial charge in [-0.1, -0.05) is 36.7 Å². The summed E-state index contributed by atoms with van der Waals surface area (Å²) in [5.41, 5.74) is 0.128.